The van der Waals surface area contributed by atoms with Crippen LogP contribution in [-0.4, -0.2) is 66.3 Å². The predicted molar refractivity (Wildman–Crippen MR) is 87.1 cm³/mol. The van der Waals surface area contributed by atoms with Crippen molar-refractivity contribution in [3.05, 3.63) is 35.6 Å². The molecule has 1 fully saturated rings. The minimum absolute atomic E-state index is 0.0315. The van der Waals surface area contributed by atoms with E-state index in [0.717, 1.165) is 13.1 Å². The number of nitrogens with zero attached hydrogens (tertiary/aromatic N) is 2. The van der Waals surface area contributed by atoms with Gasteiger partial charge in [-0.15, -0.1) is 11.6 Å². The van der Waals surface area contributed by atoms with Crippen LogP contribution in [0.1, 0.15) is 17.3 Å². The van der Waals surface area contributed by atoms with Gasteiger partial charge in [0.05, 0.1) is 0 Å². The van der Waals surface area contributed by atoms with Gasteiger partial charge in [-0.2, -0.15) is 0 Å². The second-order valence-electron chi connectivity index (χ2n) is 5.55. The van der Waals surface area contributed by atoms with Gasteiger partial charge in [0, 0.05) is 44.8 Å². The lowest BCUT2D eigenvalue weighted by molar-refractivity contribution is -0.132. The largest absolute Gasteiger partial charge is 0.351 e. The number of halogens is 2. The molecule has 1 N–H and O–H groups in total. The van der Waals surface area contributed by atoms with Gasteiger partial charge < -0.3 is 10.2 Å². The molecule has 1 aliphatic rings. The third-order valence-corrected chi connectivity index (χ3v) is 4.03. The molecule has 0 spiro atoms. The Hall–Kier alpha value is -1.66. The van der Waals surface area contributed by atoms with Crippen LogP contribution in [0, 0.1) is 5.82 Å². The zero-order valence-corrected chi connectivity index (χ0v) is 13.9. The van der Waals surface area contributed by atoms with E-state index in [1.807, 2.05) is 0 Å². The highest BCUT2D eigenvalue weighted by Gasteiger charge is 2.23. The standard InChI is InChI=1S/C16H21ClFN3O2/c1-12(17)16(23)21-10-8-20(9-11-21)7-6-19-15(22)13-2-4-14(18)5-3-13/h2-5,12H,6-11H2,1H3,(H,19,22). The van der Waals surface area contributed by atoms with Crippen molar-refractivity contribution >= 4 is 23.4 Å². The Kier molecular flexibility index (Phi) is 6.36. The maximum Gasteiger partial charge on any atom is 0.251 e. The average Bonchev–Trinajstić information content (AvgIpc) is 2.55. The lowest BCUT2D eigenvalue weighted by Crippen LogP contribution is -2.51. The van der Waals surface area contributed by atoms with Gasteiger partial charge in [0.25, 0.3) is 5.91 Å². The molecular weight excluding hydrogens is 321 g/mol. The number of carbonyl (C=O) groups is 2. The Morgan fingerprint density at radius 3 is 2.39 bits per heavy atom. The summed E-state index contributed by atoms with van der Waals surface area (Å²) in [6.45, 7) is 5.75. The van der Waals surface area contributed by atoms with Crippen LogP contribution in [0.15, 0.2) is 24.3 Å². The molecule has 0 bridgehead atoms. The van der Waals surface area contributed by atoms with Crippen molar-refractivity contribution in [3.8, 4) is 0 Å². The second kappa shape index (κ2) is 8.26. The molecule has 1 unspecified atom stereocenters. The molecule has 1 aromatic rings. The van der Waals surface area contributed by atoms with Gasteiger partial charge >= 0.3 is 0 Å². The number of amides is 2. The van der Waals surface area contributed by atoms with Crippen LogP contribution in [0.2, 0.25) is 0 Å². The van der Waals surface area contributed by atoms with E-state index in [1.165, 1.54) is 24.3 Å². The maximum absolute atomic E-state index is 12.8. The first kappa shape index (κ1) is 17.7. The van der Waals surface area contributed by atoms with Crippen molar-refractivity contribution in [2.45, 2.75) is 12.3 Å². The lowest BCUT2D eigenvalue weighted by Gasteiger charge is -2.35. The van der Waals surface area contributed by atoms with Crippen LogP contribution < -0.4 is 5.32 Å². The fourth-order valence-electron chi connectivity index (χ4n) is 2.47. The Labute approximate surface area is 140 Å². The Bertz CT molecular complexity index is 543. The fourth-order valence-corrected chi connectivity index (χ4v) is 2.61. The summed E-state index contributed by atoms with van der Waals surface area (Å²) in [5, 5.41) is 2.32. The van der Waals surface area contributed by atoms with Gasteiger partial charge in [-0.3, -0.25) is 14.5 Å². The van der Waals surface area contributed by atoms with Crippen LogP contribution in [-0.2, 0) is 4.79 Å². The summed E-state index contributed by atoms with van der Waals surface area (Å²) < 4.78 is 12.8. The van der Waals surface area contributed by atoms with Gasteiger partial charge in [0.1, 0.15) is 11.2 Å². The molecular formula is C16H21ClFN3O2. The van der Waals surface area contributed by atoms with Crippen LogP contribution in [0.25, 0.3) is 0 Å². The summed E-state index contributed by atoms with van der Waals surface area (Å²) in [4.78, 5) is 27.6. The second-order valence-corrected chi connectivity index (χ2v) is 6.20. The Morgan fingerprint density at radius 1 is 1.22 bits per heavy atom. The summed E-state index contributed by atoms with van der Waals surface area (Å²) in [5.41, 5.74) is 0.443. The number of alkyl halides is 1. The summed E-state index contributed by atoms with van der Waals surface area (Å²) in [6.07, 6.45) is 0. The van der Waals surface area contributed by atoms with Gasteiger partial charge in [0.15, 0.2) is 0 Å². The highest BCUT2D eigenvalue weighted by atomic mass is 35.5. The molecule has 1 heterocycles. The van der Waals surface area contributed by atoms with E-state index in [9.17, 15) is 14.0 Å². The molecule has 0 saturated carbocycles. The van der Waals surface area contributed by atoms with E-state index in [4.69, 9.17) is 11.6 Å². The van der Waals surface area contributed by atoms with E-state index in [1.54, 1.807) is 11.8 Å². The number of carbonyl (C=O) groups excluding carboxylic acids is 2. The number of piperazine rings is 1. The van der Waals surface area contributed by atoms with E-state index < -0.39 is 5.38 Å². The van der Waals surface area contributed by atoms with Crippen molar-refractivity contribution in [2.75, 3.05) is 39.3 Å². The van der Waals surface area contributed by atoms with Gasteiger partial charge in [-0.05, 0) is 31.2 Å². The van der Waals surface area contributed by atoms with Crippen molar-refractivity contribution < 1.29 is 14.0 Å². The third kappa shape index (κ3) is 5.18. The molecule has 23 heavy (non-hydrogen) atoms. The van der Waals surface area contributed by atoms with Crippen LogP contribution in [0.3, 0.4) is 0 Å². The highest BCUT2D eigenvalue weighted by Crippen LogP contribution is 2.07. The summed E-state index contributed by atoms with van der Waals surface area (Å²) in [7, 11) is 0. The highest BCUT2D eigenvalue weighted by molar-refractivity contribution is 6.30. The number of benzene rings is 1. The van der Waals surface area contributed by atoms with Crippen molar-refractivity contribution in [3.63, 3.8) is 0 Å². The molecule has 1 aromatic carbocycles. The molecule has 1 atom stereocenters. The first-order valence-corrected chi connectivity index (χ1v) is 8.10. The molecule has 126 valence electrons. The van der Waals surface area contributed by atoms with Gasteiger partial charge in [-0.1, -0.05) is 0 Å². The summed E-state index contributed by atoms with van der Waals surface area (Å²) in [6, 6.07) is 5.46. The number of rotatable bonds is 5. The fraction of sp³-hybridized carbons (Fsp3) is 0.500. The molecule has 5 nitrogen and oxygen atoms in total. The average molecular weight is 342 g/mol. The minimum Gasteiger partial charge on any atom is -0.351 e. The van der Waals surface area contributed by atoms with Crippen molar-refractivity contribution in [2.24, 2.45) is 0 Å². The van der Waals surface area contributed by atoms with E-state index in [-0.39, 0.29) is 17.6 Å². The molecule has 0 radical (unpaired) electrons. The van der Waals surface area contributed by atoms with Crippen molar-refractivity contribution in [1.82, 2.24) is 15.1 Å². The van der Waals surface area contributed by atoms with E-state index in [2.05, 4.69) is 10.2 Å². The lowest BCUT2D eigenvalue weighted by atomic mass is 10.2. The monoisotopic (exact) mass is 341 g/mol. The van der Waals surface area contributed by atoms with Gasteiger partial charge in [0.2, 0.25) is 5.91 Å². The molecule has 1 aliphatic heterocycles. The van der Waals surface area contributed by atoms with Crippen LogP contribution >= 0.6 is 11.6 Å². The zero-order valence-electron chi connectivity index (χ0n) is 13.1. The molecule has 2 rings (SSSR count). The number of hydrogen-bond donors (Lipinski definition) is 1. The van der Waals surface area contributed by atoms with E-state index >= 15 is 0 Å². The Morgan fingerprint density at radius 2 is 1.83 bits per heavy atom. The van der Waals surface area contributed by atoms with Crippen LogP contribution in [0.4, 0.5) is 4.39 Å². The molecule has 2 amide bonds. The topological polar surface area (TPSA) is 52.7 Å². The first-order valence-electron chi connectivity index (χ1n) is 7.66. The first-order chi connectivity index (χ1) is 11.0. The maximum atomic E-state index is 12.8. The summed E-state index contributed by atoms with van der Waals surface area (Å²) >= 11 is 5.81. The third-order valence-electron chi connectivity index (χ3n) is 3.84. The molecule has 0 aliphatic carbocycles. The van der Waals surface area contributed by atoms with Crippen LogP contribution in [0.5, 0.6) is 0 Å². The zero-order chi connectivity index (χ0) is 16.8. The minimum atomic E-state index is -0.489. The molecule has 0 aromatic heterocycles. The summed E-state index contributed by atoms with van der Waals surface area (Å²) in [5.74, 6) is -0.606. The Balaban J connectivity index is 1.68. The van der Waals surface area contributed by atoms with Gasteiger partial charge in [-0.25, -0.2) is 4.39 Å². The quantitative estimate of drug-likeness (QED) is 0.822. The number of nitrogens with one attached hydrogen (secondary N) is 1. The molecule has 1 saturated heterocycles. The van der Waals surface area contributed by atoms with Crippen molar-refractivity contribution in [1.29, 1.82) is 0 Å². The molecule has 7 heteroatoms. The normalized spacial score (nSPS) is 16.9. The predicted octanol–water partition coefficient (Wildman–Crippen LogP) is 1.33. The van der Waals surface area contributed by atoms with E-state index in [0.29, 0.717) is 31.7 Å². The number of hydrogen-bond acceptors (Lipinski definition) is 3. The SMILES string of the molecule is CC(Cl)C(=O)N1CCN(CCNC(=O)c2ccc(F)cc2)CC1. The smallest absolute Gasteiger partial charge is 0.251 e.